The molecule has 1 saturated carbocycles. The summed E-state index contributed by atoms with van der Waals surface area (Å²) in [4.78, 5) is 31.4. The summed E-state index contributed by atoms with van der Waals surface area (Å²) in [6, 6.07) is 7.95. The SMILES string of the molecule is Cn1c(C2C(C3CC3)CCN2C(=O)CCCn2cnc3ccccc32)n[nH]c1=O. The highest BCUT2D eigenvalue weighted by atomic mass is 16.2. The highest BCUT2D eigenvalue weighted by molar-refractivity contribution is 5.77. The Morgan fingerprint density at radius 3 is 2.83 bits per heavy atom. The number of imidazole rings is 1. The Bertz CT molecular complexity index is 1090. The quantitative estimate of drug-likeness (QED) is 0.694. The first kappa shape index (κ1) is 18.1. The van der Waals surface area contributed by atoms with Crippen molar-refractivity contribution in [3.63, 3.8) is 0 Å². The smallest absolute Gasteiger partial charge is 0.332 e. The third-order valence-electron chi connectivity index (χ3n) is 6.49. The predicted octanol–water partition coefficient (Wildman–Crippen LogP) is 2.24. The van der Waals surface area contributed by atoms with Crippen LogP contribution in [0.1, 0.15) is 44.0 Å². The summed E-state index contributed by atoms with van der Waals surface area (Å²) in [5.74, 6) is 1.91. The standard InChI is InChI=1S/C21H26N6O2/c1-25-20(23-24-21(25)29)19-15(14-8-9-14)10-12-27(19)18(28)7-4-11-26-13-22-16-5-2-3-6-17(16)26/h2-3,5-6,13-15,19H,4,7-12H2,1H3,(H,24,29). The number of benzene rings is 1. The average molecular weight is 394 g/mol. The second-order valence-corrected chi connectivity index (χ2v) is 8.30. The maximum absolute atomic E-state index is 13.1. The number of nitrogens with zero attached hydrogens (tertiary/aromatic N) is 5. The van der Waals surface area contributed by atoms with E-state index in [-0.39, 0.29) is 17.6 Å². The summed E-state index contributed by atoms with van der Waals surface area (Å²) >= 11 is 0. The van der Waals surface area contributed by atoms with Gasteiger partial charge in [0, 0.05) is 26.6 Å². The lowest BCUT2D eigenvalue weighted by Gasteiger charge is -2.27. The minimum absolute atomic E-state index is 0.0898. The van der Waals surface area contributed by atoms with E-state index in [4.69, 9.17) is 0 Å². The van der Waals surface area contributed by atoms with E-state index in [2.05, 4.69) is 25.8 Å². The molecule has 2 aromatic heterocycles. The molecule has 3 heterocycles. The van der Waals surface area contributed by atoms with Gasteiger partial charge in [0.05, 0.1) is 23.4 Å². The Morgan fingerprint density at radius 1 is 1.24 bits per heavy atom. The molecule has 2 atom stereocenters. The molecule has 5 rings (SSSR count). The van der Waals surface area contributed by atoms with E-state index in [0.717, 1.165) is 37.0 Å². The topological polar surface area (TPSA) is 88.8 Å². The van der Waals surface area contributed by atoms with E-state index < -0.39 is 0 Å². The van der Waals surface area contributed by atoms with Gasteiger partial charge in [0.15, 0.2) is 5.82 Å². The average Bonchev–Trinajstić information content (AvgIpc) is 3.21. The van der Waals surface area contributed by atoms with Gasteiger partial charge >= 0.3 is 5.69 Å². The van der Waals surface area contributed by atoms with Gasteiger partial charge in [-0.1, -0.05) is 12.1 Å². The molecule has 0 spiro atoms. The molecule has 8 nitrogen and oxygen atoms in total. The molecule has 1 aliphatic carbocycles. The summed E-state index contributed by atoms with van der Waals surface area (Å²) in [7, 11) is 1.73. The lowest BCUT2D eigenvalue weighted by Crippen LogP contribution is -2.34. The molecule has 8 heteroatoms. The Hall–Kier alpha value is -2.90. The van der Waals surface area contributed by atoms with Crippen molar-refractivity contribution >= 4 is 16.9 Å². The maximum atomic E-state index is 13.1. The zero-order valence-corrected chi connectivity index (χ0v) is 16.6. The third-order valence-corrected chi connectivity index (χ3v) is 6.49. The van der Waals surface area contributed by atoms with Crippen LogP contribution < -0.4 is 5.69 Å². The van der Waals surface area contributed by atoms with E-state index in [1.165, 1.54) is 12.8 Å². The molecular formula is C21H26N6O2. The van der Waals surface area contributed by atoms with Crippen LogP contribution in [0.2, 0.25) is 0 Å². The van der Waals surface area contributed by atoms with Crippen LogP contribution in [0, 0.1) is 11.8 Å². The van der Waals surface area contributed by atoms with E-state index in [1.807, 2.05) is 29.4 Å². The van der Waals surface area contributed by atoms with Crippen molar-refractivity contribution in [2.45, 2.75) is 44.7 Å². The maximum Gasteiger partial charge on any atom is 0.343 e. The number of aromatic nitrogens is 5. The van der Waals surface area contributed by atoms with Crippen molar-refractivity contribution < 1.29 is 4.79 Å². The first-order valence-electron chi connectivity index (χ1n) is 10.4. The first-order valence-corrected chi connectivity index (χ1v) is 10.4. The number of hydrogen-bond donors (Lipinski definition) is 1. The Labute approximate surface area is 168 Å². The van der Waals surface area contributed by atoms with Crippen molar-refractivity contribution in [2.75, 3.05) is 6.54 Å². The van der Waals surface area contributed by atoms with Crippen molar-refractivity contribution in [1.29, 1.82) is 0 Å². The van der Waals surface area contributed by atoms with Crippen molar-refractivity contribution in [3.05, 3.63) is 46.9 Å². The van der Waals surface area contributed by atoms with Crippen LogP contribution in [0.15, 0.2) is 35.4 Å². The Morgan fingerprint density at radius 2 is 2.07 bits per heavy atom. The van der Waals surface area contributed by atoms with Gasteiger partial charge in [0.2, 0.25) is 5.91 Å². The van der Waals surface area contributed by atoms with Gasteiger partial charge in [0.25, 0.3) is 0 Å². The first-order chi connectivity index (χ1) is 14.1. The predicted molar refractivity (Wildman–Crippen MR) is 108 cm³/mol. The molecule has 1 aromatic carbocycles. The molecular weight excluding hydrogens is 368 g/mol. The number of amides is 1. The normalized spacial score (nSPS) is 21.9. The monoisotopic (exact) mass is 394 g/mol. The van der Waals surface area contributed by atoms with Crippen LogP contribution in [-0.4, -0.2) is 41.7 Å². The van der Waals surface area contributed by atoms with E-state index in [0.29, 0.717) is 24.1 Å². The number of rotatable bonds is 6. The second kappa shape index (κ2) is 7.17. The molecule has 3 aromatic rings. The number of carbonyl (C=O) groups is 1. The Balaban J connectivity index is 1.29. The van der Waals surface area contributed by atoms with Gasteiger partial charge in [-0.2, -0.15) is 5.10 Å². The number of fused-ring (bicyclic) bond motifs is 1. The number of para-hydroxylation sites is 2. The summed E-state index contributed by atoms with van der Waals surface area (Å²) in [5, 5.41) is 6.81. The van der Waals surface area contributed by atoms with Crippen molar-refractivity contribution in [2.24, 2.45) is 18.9 Å². The number of hydrogen-bond acceptors (Lipinski definition) is 4. The fourth-order valence-electron chi connectivity index (χ4n) is 4.80. The molecule has 152 valence electrons. The third kappa shape index (κ3) is 3.26. The molecule has 1 aliphatic heterocycles. The van der Waals surface area contributed by atoms with E-state index in [9.17, 15) is 9.59 Å². The van der Waals surface area contributed by atoms with Gasteiger partial charge < -0.3 is 9.47 Å². The van der Waals surface area contributed by atoms with Crippen LogP contribution in [-0.2, 0) is 18.4 Å². The van der Waals surface area contributed by atoms with Crippen LogP contribution in [0.5, 0.6) is 0 Å². The number of likely N-dealkylation sites (tertiary alicyclic amines) is 1. The molecule has 29 heavy (non-hydrogen) atoms. The highest BCUT2D eigenvalue weighted by Crippen LogP contribution is 2.50. The van der Waals surface area contributed by atoms with Gasteiger partial charge in [-0.05, 0) is 49.7 Å². The summed E-state index contributed by atoms with van der Waals surface area (Å²) in [6.07, 6.45) is 6.52. The molecule has 1 saturated heterocycles. The largest absolute Gasteiger partial charge is 0.343 e. The number of carbonyl (C=O) groups excluding carboxylic acids is 1. The van der Waals surface area contributed by atoms with Gasteiger partial charge in [-0.15, -0.1) is 0 Å². The molecule has 1 N–H and O–H groups in total. The lowest BCUT2D eigenvalue weighted by molar-refractivity contribution is -0.133. The fraction of sp³-hybridized carbons (Fsp3) is 0.524. The molecule has 1 amide bonds. The van der Waals surface area contributed by atoms with Crippen molar-refractivity contribution in [3.8, 4) is 0 Å². The summed E-state index contributed by atoms with van der Waals surface area (Å²) < 4.78 is 3.66. The fourth-order valence-corrected chi connectivity index (χ4v) is 4.80. The second-order valence-electron chi connectivity index (χ2n) is 8.30. The number of nitrogens with one attached hydrogen (secondary N) is 1. The van der Waals surface area contributed by atoms with Gasteiger partial charge in [-0.3, -0.25) is 9.36 Å². The zero-order valence-electron chi connectivity index (χ0n) is 16.6. The van der Waals surface area contributed by atoms with E-state index >= 15 is 0 Å². The molecule has 0 radical (unpaired) electrons. The highest BCUT2D eigenvalue weighted by Gasteiger charge is 2.47. The lowest BCUT2D eigenvalue weighted by atomic mass is 9.94. The molecule has 2 aliphatic rings. The number of aromatic amines is 1. The molecule has 0 bridgehead atoms. The van der Waals surface area contributed by atoms with E-state index in [1.54, 1.807) is 11.6 Å². The van der Waals surface area contributed by atoms with Crippen LogP contribution in [0.25, 0.3) is 11.0 Å². The zero-order chi connectivity index (χ0) is 20.0. The number of aryl methyl sites for hydroxylation is 1. The minimum atomic E-state index is -0.221. The number of H-pyrrole nitrogens is 1. The summed E-state index contributed by atoms with van der Waals surface area (Å²) in [6.45, 7) is 1.51. The van der Waals surface area contributed by atoms with Gasteiger partial charge in [0.1, 0.15) is 0 Å². The Kier molecular flexibility index (Phi) is 4.49. The minimum Gasteiger partial charge on any atom is -0.332 e. The van der Waals surface area contributed by atoms with Crippen LogP contribution in [0.3, 0.4) is 0 Å². The van der Waals surface area contributed by atoms with Crippen LogP contribution >= 0.6 is 0 Å². The summed E-state index contributed by atoms with van der Waals surface area (Å²) in [5.41, 5.74) is 1.85. The molecule has 2 unspecified atom stereocenters. The molecule has 2 fully saturated rings. The van der Waals surface area contributed by atoms with Crippen LogP contribution in [0.4, 0.5) is 0 Å². The van der Waals surface area contributed by atoms with Gasteiger partial charge in [-0.25, -0.2) is 14.9 Å². The van der Waals surface area contributed by atoms with Crippen molar-refractivity contribution in [1.82, 2.24) is 29.2 Å².